The normalized spacial score (nSPS) is 10.8. The third-order valence-electron chi connectivity index (χ3n) is 3.84. The molecular weight excluding hydrogens is 380 g/mol. The molecular formula is C21H19ClN2O4. The lowest BCUT2D eigenvalue weighted by Gasteiger charge is -2.12. The van der Waals surface area contributed by atoms with Gasteiger partial charge in [-0.3, -0.25) is 4.79 Å². The fourth-order valence-electron chi connectivity index (χ4n) is 2.55. The van der Waals surface area contributed by atoms with Gasteiger partial charge in [-0.15, -0.1) is 0 Å². The second-order valence-corrected chi connectivity index (χ2v) is 6.36. The molecule has 0 atom stereocenters. The van der Waals surface area contributed by atoms with Gasteiger partial charge in [-0.1, -0.05) is 23.7 Å². The fraction of sp³-hybridized carbons (Fsp3) is 0.190. The number of nitrogens with one attached hydrogen (secondary N) is 1. The van der Waals surface area contributed by atoms with Crippen molar-refractivity contribution in [1.29, 1.82) is 5.26 Å². The Balaban J connectivity index is 2.24. The Morgan fingerprint density at radius 1 is 1.21 bits per heavy atom. The molecule has 6 nitrogen and oxygen atoms in total. The summed E-state index contributed by atoms with van der Waals surface area (Å²) in [6.07, 6.45) is 1.48. The number of nitriles is 1. The Hall–Kier alpha value is -3.30. The third-order valence-corrected chi connectivity index (χ3v) is 4.17. The second kappa shape index (κ2) is 9.58. The van der Waals surface area contributed by atoms with Gasteiger partial charge in [-0.25, -0.2) is 4.79 Å². The number of methoxy groups -OCH3 is 1. The number of aryl methyl sites for hydroxylation is 2. The largest absolute Gasteiger partial charge is 0.481 e. The molecule has 28 heavy (non-hydrogen) atoms. The first-order valence-corrected chi connectivity index (χ1v) is 8.72. The molecule has 1 N–H and O–H groups in total. The maximum Gasteiger partial charge on any atom is 0.343 e. The van der Waals surface area contributed by atoms with E-state index in [1.165, 1.54) is 13.2 Å². The third kappa shape index (κ3) is 5.35. The van der Waals surface area contributed by atoms with E-state index in [2.05, 4.69) is 10.1 Å². The average molecular weight is 399 g/mol. The van der Waals surface area contributed by atoms with Crippen molar-refractivity contribution in [3.05, 3.63) is 63.7 Å². The van der Waals surface area contributed by atoms with Gasteiger partial charge in [-0.05, 0) is 60.9 Å². The lowest BCUT2D eigenvalue weighted by molar-refractivity contribution is -0.142. The van der Waals surface area contributed by atoms with Gasteiger partial charge in [-0.2, -0.15) is 5.26 Å². The quantitative estimate of drug-likeness (QED) is 0.450. The summed E-state index contributed by atoms with van der Waals surface area (Å²) in [6.45, 7) is 3.43. The van der Waals surface area contributed by atoms with E-state index in [1.807, 2.05) is 19.9 Å². The summed E-state index contributed by atoms with van der Waals surface area (Å²) in [7, 11) is 1.29. The summed E-state index contributed by atoms with van der Waals surface area (Å²) < 4.78 is 10.1. The minimum Gasteiger partial charge on any atom is -0.481 e. The molecule has 2 aromatic carbocycles. The summed E-state index contributed by atoms with van der Waals surface area (Å²) in [5.41, 5.74) is 2.54. The van der Waals surface area contributed by atoms with Crippen LogP contribution in [0.25, 0.3) is 6.08 Å². The maximum absolute atomic E-state index is 12.4. The number of nitrogens with zero attached hydrogens (tertiary/aromatic N) is 1. The topological polar surface area (TPSA) is 88.4 Å². The van der Waals surface area contributed by atoms with Gasteiger partial charge >= 0.3 is 5.97 Å². The number of carbonyl (C=O) groups is 2. The van der Waals surface area contributed by atoms with Crippen LogP contribution in [-0.2, 0) is 14.3 Å². The Labute approximate surface area is 168 Å². The number of esters is 1. The summed E-state index contributed by atoms with van der Waals surface area (Å²) in [5, 5.41) is 12.4. The van der Waals surface area contributed by atoms with E-state index < -0.39 is 11.9 Å². The smallest absolute Gasteiger partial charge is 0.343 e. The molecule has 0 spiro atoms. The first-order chi connectivity index (χ1) is 13.3. The van der Waals surface area contributed by atoms with Crippen molar-refractivity contribution >= 4 is 35.2 Å². The summed E-state index contributed by atoms with van der Waals surface area (Å²) in [5.74, 6) is -0.482. The van der Waals surface area contributed by atoms with Crippen molar-refractivity contribution in [2.24, 2.45) is 0 Å². The first kappa shape index (κ1) is 21.0. The van der Waals surface area contributed by atoms with Crippen LogP contribution in [0.1, 0.15) is 16.7 Å². The van der Waals surface area contributed by atoms with E-state index in [4.69, 9.17) is 16.3 Å². The fourth-order valence-corrected chi connectivity index (χ4v) is 2.74. The van der Waals surface area contributed by atoms with E-state index in [-0.39, 0.29) is 12.2 Å². The molecule has 0 heterocycles. The Morgan fingerprint density at radius 3 is 2.43 bits per heavy atom. The molecule has 0 aliphatic rings. The maximum atomic E-state index is 12.4. The molecule has 0 bridgehead atoms. The number of benzene rings is 2. The molecule has 0 radical (unpaired) electrons. The van der Waals surface area contributed by atoms with Crippen LogP contribution in [0.2, 0.25) is 5.02 Å². The lowest BCUT2D eigenvalue weighted by Crippen LogP contribution is -2.14. The Kier molecular flexibility index (Phi) is 7.19. The van der Waals surface area contributed by atoms with Crippen LogP contribution in [0.15, 0.2) is 42.0 Å². The lowest BCUT2D eigenvalue weighted by atomic mass is 10.0. The molecule has 0 saturated heterocycles. The van der Waals surface area contributed by atoms with E-state index in [0.29, 0.717) is 22.0 Å². The van der Waals surface area contributed by atoms with Crippen LogP contribution in [-0.4, -0.2) is 25.6 Å². The highest BCUT2D eigenvalue weighted by molar-refractivity contribution is 6.34. The zero-order valence-corrected chi connectivity index (χ0v) is 16.5. The van der Waals surface area contributed by atoms with E-state index in [1.54, 1.807) is 36.4 Å². The summed E-state index contributed by atoms with van der Waals surface area (Å²) >= 11 is 6.03. The van der Waals surface area contributed by atoms with Crippen molar-refractivity contribution in [1.82, 2.24) is 0 Å². The molecule has 0 saturated carbocycles. The SMILES string of the molecule is COC(=O)COc1c(C)cc(C=C(C#N)C(=O)Nc2ccccc2Cl)cc1C. The standard InChI is InChI=1S/C21H19ClN2O4/c1-13-8-15(9-14(2)20(13)28-12-19(25)27-3)10-16(11-23)21(26)24-18-7-5-4-6-17(18)22/h4-10H,12H2,1-3H3,(H,24,26). The van der Waals surface area contributed by atoms with Crippen molar-refractivity contribution < 1.29 is 19.1 Å². The van der Waals surface area contributed by atoms with Gasteiger partial charge in [0.25, 0.3) is 5.91 Å². The number of hydrogen-bond donors (Lipinski definition) is 1. The highest BCUT2D eigenvalue weighted by atomic mass is 35.5. The number of hydrogen-bond acceptors (Lipinski definition) is 5. The van der Waals surface area contributed by atoms with Crippen molar-refractivity contribution in [3.8, 4) is 11.8 Å². The molecule has 7 heteroatoms. The predicted octanol–water partition coefficient (Wildman–Crippen LogP) is 4.05. The molecule has 0 fully saturated rings. The number of para-hydroxylation sites is 1. The van der Waals surface area contributed by atoms with Gasteiger partial charge in [0, 0.05) is 0 Å². The zero-order valence-electron chi connectivity index (χ0n) is 15.7. The molecule has 0 unspecified atom stereocenters. The molecule has 0 aliphatic heterocycles. The van der Waals surface area contributed by atoms with Crippen LogP contribution in [0.3, 0.4) is 0 Å². The first-order valence-electron chi connectivity index (χ1n) is 8.34. The molecule has 144 valence electrons. The molecule has 0 aromatic heterocycles. The van der Waals surface area contributed by atoms with Crippen molar-refractivity contribution in [2.75, 3.05) is 19.0 Å². The number of rotatable bonds is 6. The highest BCUT2D eigenvalue weighted by Gasteiger charge is 2.13. The Morgan fingerprint density at radius 2 is 1.86 bits per heavy atom. The zero-order chi connectivity index (χ0) is 20.7. The van der Waals surface area contributed by atoms with Gasteiger partial charge in [0.1, 0.15) is 17.4 Å². The van der Waals surface area contributed by atoms with Crippen LogP contribution >= 0.6 is 11.6 Å². The van der Waals surface area contributed by atoms with Crippen molar-refractivity contribution in [3.63, 3.8) is 0 Å². The van der Waals surface area contributed by atoms with Crippen LogP contribution in [0.5, 0.6) is 5.75 Å². The van der Waals surface area contributed by atoms with Crippen LogP contribution in [0.4, 0.5) is 5.69 Å². The van der Waals surface area contributed by atoms with Gasteiger partial charge in [0.2, 0.25) is 0 Å². The predicted molar refractivity (Wildman–Crippen MR) is 107 cm³/mol. The minimum atomic E-state index is -0.558. The number of ether oxygens (including phenoxy) is 2. The number of halogens is 1. The minimum absolute atomic E-state index is 0.0676. The Bertz CT molecular complexity index is 954. The number of carbonyl (C=O) groups excluding carboxylic acids is 2. The number of anilines is 1. The van der Waals surface area contributed by atoms with Gasteiger partial charge in [0.15, 0.2) is 6.61 Å². The summed E-state index contributed by atoms with van der Waals surface area (Å²) in [6, 6.07) is 12.2. The van der Waals surface area contributed by atoms with Crippen LogP contribution in [0, 0.1) is 25.2 Å². The second-order valence-electron chi connectivity index (χ2n) is 5.95. The van der Waals surface area contributed by atoms with Gasteiger partial charge < -0.3 is 14.8 Å². The molecule has 2 rings (SSSR count). The van der Waals surface area contributed by atoms with Crippen molar-refractivity contribution in [2.45, 2.75) is 13.8 Å². The van der Waals surface area contributed by atoms with Gasteiger partial charge in [0.05, 0.1) is 17.8 Å². The molecule has 2 aromatic rings. The van der Waals surface area contributed by atoms with E-state index in [9.17, 15) is 14.9 Å². The highest BCUT2D eigenvalue weighted by Crippen LogP contribution is 2.26. The monoisotopic (exact) mass is 398 g/mol. The van der Waals surface area contributed by atoms with E-state index in [0.717, 1.165) is 11.1 Å². The molecule has 0 aliphatic carbocycles. The number of amides is 1. The average Bonchev–Trinajstić information content (AvgIpc) is 2.66. The van der Waals surface area contributed by atoms with E-state index >= 15 is 0 Å². The van der Waals surface area contributed by atoms with Crippen LogP contribution < -0.4 is 10.1 Å². The summed E-state index contributed by atoms with van der Waals surface area (Å²) in [4.78, 5) is 23.7. The molecule has 1 amide bonds.